The van der Waals surface area contributed by atoms with E-state index in [4.69, 9.17) is 4.74 Å². The molecule has 1 saturated carbocycles. The highest BCUT2D eigenvalue weighted by molar-refractivity contribution is 6.08. The third-order valence-electron chi connectivity index (χ3n) is 7.01. The molecule has 0 spiro atoms. The van der Waals surface area contributed by atoms with Crippen molar-refractivity contribution in [3.05, 3.63) is 72.1 Å². The van der Waals surface area contributed by atoms with Gasteiger partial charge in [0.1, 0.15) is 11.4 Å². The first-order valence-corrected chi connectivity index (χ1v) is 12.1. The van der Waals surface area contributed by atoms with E-state index in [0.29, 0.717) is 29.5 Å². The zero-order valence-corrected chi connectivity index (χ0v) is 20.9. The molecule has 9 nitrogen and oxygen atoms in total. The summed E-state index contributed by atoms with van der Waals surface area (Å²) in [7, 11) is 3.37. The maximum absolute atomic E-state index is 13.2. The second kappa shape index (κ2) is 9.24. The van der Waals surface area contributed by atoms with Crippen LogP contribution in [-0.4, -0.2) is 60.7 Å². The highest BCUT2D eigenvalue weighted by Gasteiger charge is 2.34. The van der Waals surface area contributed by atoms with Crippen molar-refractivity contribution >= 4 is 29.3 Å². The van der Waals surface area contributed by atoms with E-state index in [0.717, 1.165) is 29.5 Å². The molecule has 1 N–H and O–H groups in total. The first-order valence-electron chi connectivity index (χ1n) is 12.1. The zero-order valence-electron chi connectivity index (χ0n) is 20.9. The van der Waals surface area contributed by atoms with Gasteiger partial charge in [-0.05, 0) is 53.6 Å². The molecule has 3 aliphatic rings. The largest absolute Gasteiger partial charge is 0.482 e. The lowest BCUT2D eigenvalue weighted by Gasteiger charge is -2.26. The number of carbonyl (C=O) groups is 4. The second-order valence-electron chi connectivity index (χ2n) is 9.66. The summed E-state index contributed by atoms with van der Waals surface area (Å²) in [4.78, 5) is 55.1. The van der Waals surface area contributed by atoms with Crippen molar-refractivity contribution in [1.29, 1.82) is 0 Å². The molecular formula is C28H28N4O5. The van der Waals surface area contributed by atoms with Crippen LogP contribution in [-0.2, 0) is 20.9 Å². The first-order chi connectivity index (χ1) is 17.7. The van der Waals surface area contributed by atoms with Gasteiger partial charge < -0.3 is 19.9 Å². The summed E-state index contributed by atoms with van der Waals surface area (Å²) < 4.78 is 5.52. The standard InChI is InChI=1S/C28H28N4O5/c1-16(27(35)30(3)13-18-8-9-18)29-26(34)17(2)32-14-22-20(6-5-7-21(22)28(32)36)19-10-11-24-23(12-19)31(4)25(33)15-37-24/h5-7,10-12,18H,1-2,8-9,13-15H2,3-4H3,(H,29,34). The fourth-order valence-corrected chi connectivity index (χ4v) is 4.65. The average Bonchev–Trinajstić information content (AvgIpc) is 3.65. The monoisotopic (exact) mass is 500 g/mol. The number of fused-ring (bicyclic) bond motifs is 2. The van der Waals surface area contributed by atoms with Crippen molar-refractivity contribution in [2.24, 2.45) is 5.92 Å². The first kappa shape index (κ1) is 24.3. The number of rotatable bonds is 7. The van der Waals surface area contributed by atoms with Gasteiger partial charge in [-0.25, -0.2) is 0 Å². The number of hydrogen-bond acceptors (Lipinski definition) is 5. The van der Waals surface area contributed by atoms with Crippen LogP contribution >= 0.6 is 0 Å². The van der Waals surface area contributed by atoms with Crippen molar-refractivity contribution in [3.8, 4) is 16.9 Å². The van der Waals surface area contributed by atoms with Gasteiger partial charge in [0.25, 0.3) is 23.6 Å². The normalized spacial score (nSPS) is 16.1. The third-order valence-corrected chi connectivity index (χ3v) is 7.01. The third kappa shape index (κ3) is 4.48. The Morgan fingerprint density at radius 1 is 1.14 bits per heavy atom. The maximum atomic E-state index is 13.2. The van der Waals surface area contributed by atoms with E-state index in [1.54, 1.807) is 42.1 Å². The molecule has 2 aromatic rings. The summed E-state index contributed by atoms with van der Waals surface area (Å²) in [6.07, 6.45) is 2.20. The van der Waals surface area contributed by atoms with Crippen molar-refractivity contribution in [2.45, 2.75) is 19.4 Å². The Hall–Kier alpha value is -4.40. The fraction of sp³-hybridized carbons (Fsp3) is 0.286. The summed E-state index contributed by atoms with van der Waals surface area (Å²) >= 11 is 0. The van der Waals surface area contributed by atoms with Crippen LogP contribution in [0.4, 0.5) is 5.69 Å². The Labute approximate surface area is 215 Å². The van der Waals surface area contributed by atoms with Gasteiger partial charge in [-0.15, -0.1) is 0 Å². The Morgan fingerprint density at radius 3 is 2.59 bits per heavy atom. The highest BCUT2D eigenvalue weighted by Crippen LogP contribution is 2.39. The minimum absolute atomic E-state index is 0.00789. The number of benzene rings is 2. The smallest absolute Gasteiger partial charge is 0.271 e. The minimum Gasteiger partial charge on any atom is -0.482 e. The maximum Gasteiger partial charge on any atom is 0.271 e. The van der Waals surface area contributed by atoms with Gasteiger partial charge >= 0.3 is 0 Å². The van der Waals surface area contributed by atoms with Gasteiger partial charge in [0.2, 0.25) is 0 Å². The number of nitrogens with zero attached hydrogens (tertiary/aromatic N) is 3. The zero-order chi connectivity index (χ0) is 26.4. The van der Waals surface area contributed by atoms with E-state index in [1.807, 2.05) is 18.2 Å². The average molecular weight is 501 g/mol. The lowest BCUT2D eigenvalue weighted by Crippen LogP contribution is -2.39. The second-order valence-corrected chi connectivity index (χ2v) is 9.66. The number of amides is 4. The fourth-order valence-electron chi connectivity index (χ4n) is 4.65. The van der Waals surface area contributed by atoms with E-state index in [2.05, 4.69) is 18.5 Å². The summed E-state index contributed by atoms with van der Waals surface area (Å²) in [5.74, 6) is -0.415. The molecule has 1 fully saturated rings. The quantitative estimate of drug-likeness (QED) is 0.590. The molecule has 4 amide bonds. The van der Waals surface area contributed by atoms with Crippen LogP contribution in [0, 0.1) is 5.92 Å². The van der Waals surface area contributed by atoms with Crippen molar-refractivity contribution in [1.82, 2.24) is 15.1 Å². The number of nitrogens with one attached hydrogen (secondary N) is 1. The molecular weight excluding hydrogens is 472 g/mol. The lowest BCUT2D eigenvalue weighted by molar-refractivity contribution is -0.128. The van der Waals surface area contributed by atoms with Gasteiger partial charge in [-0.2, -0.15) is 0 Å². The van der Waals surface area contributed by atoms with Gasteiger partial charge in [0, 0.05) is 26.2 Å². The van der Waals surface area contributed by atoms with Crippen molar-refractivity contribution < 1.29 is 23.9 Å². The SMILES string of the molecule is C=C(NC(=O)C(=C)N1Cc2c(cccc2-c2ccc3c(c2)N(C)C(=O)CO3)C1=O)C(=O)N(C)CC1CC1. The lowest BCUT2D eigenvalue weighted by atomic mass is 9.96. The number of ether oxygens (including phenoxy) is 1. The Morgan fingerprint density at radius 2 is 1.86 bits per heavy atom. The van der Waals surface area contributed by atoms with Crippen LogP contribution < -0.4 is 15.0 Å². The predicted octanol–water partition coefficient (Wildman–Crippen LogP) is 2.68. The van der Waals surface area contributed by atoms with Crippen LogP contribution in [0.5, 0.6) is 5.75 Å². The molecule has 37 heavy (non-hydrogen) atoms. The number of anilines is 1. The van der Waals surface area contributed by atoms with Crippen LogP contribution in [0.2, 0.25) is 0 Å². The molecule has 0 atom stereocenters. The number of likely N-dealkylation sites (N-methyl/N-ethyl adjacent to an activating group) is 2. The van der Waals surface area contributed by atoms with Crippen LogP contribution in [0.25, 0.3) is 11.1 Å². The molecule has 5 rings (SSSR count). The predicted molar refractivity (Wildman–Crippen MR) is 137 cm³/mol. The number of carbonyl (C=O) groups excluding carboxylic acids is 4. The van der Waals surface area contributed by atoms with Crippen LogP contribution in [0.3, 0.4) is 0 Å². The molecule has 190 valence electrons. The van der Waals surface area contributed by atoms with Crippen LogP contribution in [0.15, 0.2) is 61.0 Å². The summed E-state index contributed by atoms with van der Waals surface area (Å²) in [5, 5.41) is 2.50. The van der Waals surface area contributed by atoms with Gasteiger partial charge in [-0.3, -0.25) is 24.1 Å². The van der Waals surface area contributed by atoms with Gasteiger partial charge in [0.05, 0.1) is 17.9 Å². The molecule has 2 aliphatic heterocycles. The van der Waals surface area contributed by atoms with Gasteiger partial charge in [0.15, 0.2) is 6.61 Å². The topological polar surface area (TPSA) is 99.3 Å². The molecule has 9 heteroatoms. The van der Waals surface area contributed by atoms with Gasteiger partial charge in [-0.1, -0.05) is 31.4 Å². The Balaban J connectivity index is 1.33. The molecule has 1 aliphatic carbocycles. The molecule has 0 unspecified atom stereocenters. The molecule has 2 aromatic carbocycles. The van der Waals surface area contributed by atoms with Crippen LogP contribution in [0.1, 0.15) is 28.8 Å². The number of hydrogen-bond donors (Lipinski definition) is 1. The van der Waals surface area contributed by atoms with E-state index < -0.39 is 5.91 Å². The summed E-state index contributed by atoms with van der Waals surface area (Å²) in [6, 6.07) is 10.9. The van der Waals surface area contributed by atoms with E-state index >= 15 is 0 Å². The molecule has 2 heterocycles. The molecule has 0 saturated heterocycles. The summed E-state index contributed by atoms with van der Waals surface area (Å²) in [5.41, 5.74) is 3.32. The molecule has 0 radical (unpaired) electrons. The minimum atomic E-state index is -0.660. The molecule has 0 bridgehead atoms. The van der Waals surface area contributed by atoms with Crippen molar-refractivity contribution in [2.75, 3.05) is 32.1 Å². The summed E-state index contributed by atoms with van der Waals surface area (Å²) in [6.45, 7) is 8.29. The Kier molecular flexibility index (Phi) is 6.07. The van der Waals surface area contributed by atoms with E-state index in [1.165, 1.54) is 4.90 Å². The van der Waals surface area contributed by atoms with E-state index in [9.17, 15) is 19.2 Å². The Bertz CT molecular complexity index is 1380. The molecule has 0 aromatic heterocycles. The van der Waals surface area contributed by atoms with Crippen molar-refractivity contribution in [3.63, 3.8) is 0 Å². The highest BCUT2D eigenvalue weighted by atomic mass is 16.5. The van der Waals surface area contributed by atoms with E-state index in [-0.39, 0.29) is 42.3 Å².